The second kappa shape index (κ2) is 6.00. The summed E-state index contributed by atoms with van der Waals surface area (Å²) in [7, 11) is -3.61. The van der Waals surface area contributed by atoms with Crippen molar-refractivity contribution in [3.05, 3.63) is 45.9 Å². The van der Waals surface area contributed by atoms with Crippen LogP contribution in [-0.2, 0) is 16.6 Å². The molecule has 102 valence electrons. The molecule has 0 atom stereocenters. The topological polar surface area (TPSA) is 50.3 Å². The highest BCUT2D eigenvalue weighted by Gasteiger charge is 2.26. The van der Waals surface area contributed by atoms with E-state index < -0.39 is 10.0 Å². The minimum Gasteiger partial charge on any atom is -0.263 e. The number of sulfonamides is 1. The van der Waals surface area contributed by atoms with Crippen molar-refractivity contribution >= 4 is 33.0 Å². The Morgan fingerprint density at radius 2 is 2.21 bits per heavy atom. The number of aromatic nitrogens is 1. The van der Waals surface area contributed by atoms with Crippen LogP contribution in [0.15, 0.2) is 40.9 Å². The molecule has 0 radical (unpaired) electrons. The van der Waals surface area contributed by atoms with E-state index in [-0.39, 0.29) is 9.92 Å². The van der Waals surface area contributed by atoms with Crippen molar-refractivity contribution in [1.82, 2.24) is 9.29 Å². The molecule has 0 saturated heterocycles. The monoisotopic (exact) mass is 316 g/mol. The van der Waals surface area contributed by atoms with E-state index in [1.807, 2.05) is 17.5 Å². The molecule has 19 heavy (non-hydrogen) atoms. The van der Waals surface area contributed by atoms with Gasteiger partial charge in [-0.05, 0) is 17.5 Å². The summed E-state index contributed by atoms with van der Waals surface area (Å²) in [5.41, 5.74) is 0. The van der Waals surface area contributed by atoms with Crippen LogP contribution in [0.3, 0.4) is 0 Å². The van der Waals surface area contributed by atoms with Gasteiger partial charge >= 0.3 is 0 Å². The van der Waals surface area contributed by atoms with Crippen molar-refractivity contribution in [1.29, 1.82) is 0 Å². The molecule has 0 saturated carbocycles. The van der Waals surface area contributed by atoms with E-state index in [0.717, 1.165) is 4.88 Å². The van der Waals surface area contributed by atoms with Crippen LogP contribution < -0.4 is 0 Å². The van der Waals surface area contributed by atoms with E-state index in [4.69, 9.17) is 11.6 Å². The Kier molecular flexibility index (Phi) is 4.57. The van der Waals surface area contributed by atoms with Crippen LogP contribution in [0.5, 0.6) is 0 Å². The number of rotatable bonds is 5. The number of nitrogens with zero attached hydrogens (tertiary/aromatic N) is 2. The van der Waals surface area contributed by atoms with Gasteiger partial charge in [0.15, 0.2) is 0 Å². The first-order valence-corrected chi connectivity index (χ1v) is 8.37. The van der Waals surface area contributed by atoms with Gasteiger partial charge in [0.25, 0.3) is 0 Å². The van der Waals surface area contributed by atoms with Crippen molar-refractivity contribution in [2.45, 2.75) is 18.4 Å². The Morgan fingerprint density at radius 3 is 2.79 bits per heavy atom. The lowest BCUT2D eigenvalue weighted by atomic mass is 10.4. The lowest BCUT2D eigenvalue weighted by Gasteiger charge is -2.20. The van der Waals surface area contributed by atoms with Gasteiger partial charge in [-0.2, -0.15) is 4.31 Å². The zero-order valence-electron chi connectivity index (χ0n) is 10.3. The summed E-state index contributed by atoms with van der Waals surface area (Å²) in [6.07, 6.45) is 2.76. The molecule has 7 heteroatoms. The Morgan fingerprint density at radius 1 is 1.42 bits per heavy atom. The molecule has 4 nitrogen and oxygen atoms in total. The molecule has 0 aromatic carbocycles. The van der Waals surface area contributed by atoms with Gasteiger partial charge in [0, 0.05) is 30.4 Å². The van der Waals surface area contributed by atoms with E-state index >= 15 is 0 Å². The third-order valence-corrected chi connectivity index (χ3v) is 5.87. The predicted octanol–water partition coefficient (Wildman–Crippen LogP) is 3.01. The van der Waals surface area contributed by atoms with E-state index in [9.17, 15) is 8.42 Å². The smallest absolute Gasteiger partial charge is 0.246 e. The molecule has 0 spiro atoms. The normalized spacial score (nSPS) is 11.9. The molecule has 0 bridgehead atoms. The molecule has 2 heterocycles. The second-order valence-corrected chi connectivity index (χ2v) is 7.16. The zero-order valence-corrected chi connectivity index (χ0v) is 12.7. The minimum atomic E-state index is -3.61. The van der Waals surface area contributed by atoms with Gasteiger partial charge in [0.1, 0.15) is 4.90 Å². The van der Waals surface area contributed by atoms with Crippen molar-refractivity contribution in [2.24, 2.45) is 0 Å². The second-order valence-electron chi connectivity index (χ2n) is 3.82. The summed E-state index contributed by atoms with van der Waals surface area (Å²) >= 11 is 7.48. The highest BCUT2D eigenvalue weighted by Crippen LogP contribution is 2.25. The van der Waals surface area contributed by atoms with Crippen molar-refractivity contribution < 1.29 is 8.42 Å². The van der Waals surface area contributed by atoms with Gasteiger partial charge in [0.2, 0.25) is 10.0 Å². The number of hydrogen-bond donors (Lipinski definition) is 0. The van der Waals surface area contributed by atoms with Crippen LogP contribution in [0, 0.1) is 0 Å². The maximum atomic E-state index is 12.5. The Balaban J connectivity index is 2.34. The van der Waals surface area contributed by atoms with Gasteiger partial charge in [-0.25, -0.2) is 8.42 Å². The van der Waals surface area contributed by atoms with Crippen molar-refractivity contribution in [3.8, 4) is 0 Å². The summed E-state index contributed by atoms with van der Waals surface area (Å²) in [6, 6.07) is 5.29. The van der Waals surface area contributed by atoms with Gasteiger partial charge in [0.05, 0.1) is 5.02 Å². The summed E-state index contributed by atoms with van der Waals surface area (Å²) in [6.45, 7) is 2.53. The maximum Gasteiger partial charge on any atom is 0.246 e. The van der Waals surface area contributed by atoms with Gasteiger partial charge < -0.3 is 0 Å². The third-order valence-electron chi connectivity index (χ3n) is 2.62. The SMILES string of the molecule is CCN(Cc1cccs1)S(=O)(=O)c1cnccc1Cl. The molecular weight excluding hydrogens is 304 g/mol. The van der Waals surface area contributed by atoms with Crippen LogP contribution >= 0.6 is 22.9 Å². The molecule has 2 rings (SSSR count). The first kappa shape index (κ1) is 14.5. The van der Waals surface area contributed by atoms with E-state index in [2.05, 4.69) is 4.98 Å². The maximum absolute atomic E-state index is 12.5. The molecule has 0 amide bonds. The molecule has 2 aromatic rings. The highest BCUT2D eigenvalue weighted by molar-refractivity contribution is 7.89. The molecule has 0 aliphatic rings. The lowest BCUT2D eigenvalue weighted by molar-refractivity contribution is 0.426. The van der Waals surface area contributed by atoms with Gasteiger partial charge in [-0.1, -0.05) is 24.6 Å². The quantitative estimate of drug-likeness (QED) is 0.852. The first-order chi connectivity index (χ1) is 9.05. The zero-order chi connectivity index (χ0) is 13.9. The fraction of sp³-hybridized carbons (Fsp3) is 0.250. The van der Waals surface area contributed by atoms with E-state index in [1.54, 1.807) is 6.92 Å². The summed E-state index contributed by atoms with van der Waals surface area (Å²) in [5.74, 6) is 0. The Hall–Kier alpha value is -0.950. The standard InChI is InChI=1S/C12H13ClN2O2S2/c1-2-15(9-10-4-3-7-18-10)19(16,17)12-8-14-6-5-11(12)13/h3-8H,2,9H2,1H3. The number of thiophene rings is 1. The number of halogens is 1. The van der Waals surface area contributed by atoms with E-state index in [0.29, 0.717) is 13.1 Å². The van der Waals surface area contributed by atoms with Gasteiger partial charge in [-0.15, -0.1) is 11.3 Å². The Bertz CT molecular complexity index is 642. The van der Waals surface area contributed by atoms with Gasteiger partial charge in [-0.3, -0.25) is 4.98 Å². The summed E-state index contributed by atoms with van der Waals surface area (Å²) in [5, 5.41) is 2.12. The summed E-state index contributed by atoms with van der Waals surface area (Å²) in [4.78, 5) is 4.88. The fourth-order valence-electron chi connectivity index (χ4n) is 1.64. The number of pyridine rings is 1. The molecule has 0 aliphatic heterocycles. The van der Waals surface area contributed by atoms with Crippen molar-refractivity contribution in [3.63, 3.8) is 0 Å². The molecular formula is C12H13ClN2O2S2. The fourth-order valence-corrected chi connectivity index (χ4v) is 4.27. The Labute approximate surface area is 121 Å². The van der Waals surface area contributed by atoms with E-state index in [1.165, 1.54) is 34.1 Å². The molecule has 0 unspecified atom stereocenters. The highest BCUT2D eigenvalue weighted by atomic mass is 35.5. The summed E-state index contributed by atoms with van der Waals surface area (Å²) < 4.78 is 26.4. The average Bonchev–Trinajstić information content (AvgIpc) is 2.89. The van der Waals surface area contributed by atoms with Crippen molar-refractivity contribution in [2.75, 3.05) is 6.54 Å². The molecule has 0 fully saturated rings. The molecule has 0 N–H and O–H groups in total. The van der Waals surface area contributed by atoms with Crippen LogP contribution in [0.2, 0.25) is 5.02 Å². The largest absolute Gasteiger partial charge is 0.263 e. The first-order valence-electron chi connectivity index (χ1n) is 5.67. The molecule has 0 aliphatic carbocycles. The van der Waals surface area contributed by atoms with Crippen LogP contribution in [0.1, 0.15) is 11.8 Å². The minimum absolute atomic E-state index is 0.0510. The third kappa shape index (κ3) is 3.14. The van der Waals surface area contributed by atoms with Crippen LogP contribution in [-0.4, -0.2) is 24.3 Å². The predicted molar refractivity (Wildman–Crippen MR) is 76.8 cm³/mol. The van der Waals surface area contributed by atoms with Crippen LogP contribution in [0.25, 0.3) is 0 Å². The molecule has 2 aromatic heterocycles. The lowest BCUT2D eigenvalue weighted by Crippen LogP contribution is -2.30. The average molecular weight is 317 g/mol. The van der Waals surface area contributed by atoms with Crippen LogP contribution in [0.4, 0.5) is 0 Å². The number of hydrogen-bond acceptors (Lipinski definition) is 4.